The van der Waals surface area contributed by atoms with E-state index in [0.717, 1.165) is 4.88 Å². The van der Waals surface area contributed by atoms with E-state index in [9.17, 15) is 18.0 Å². The molecule has 2 N–H and O–H groups in total. The van der Waals surface area contributed by atoms with Crippen molar-refractivity contribution in [2.75, 3.05) is 5.32 Å². The van der Waals surface area contributed by atoms with Crippen LogP contribution in [0.1, 0.15) is 0 Å². The van der Waals surface area contributed by atoms with Crippen LogP contribution in [0, 0.1) is 0 Å². The van der Waals surface area contributed by atoms with Gasteiger partial charge in [0.2, 0.25) is 0 Å². The number of anilines is 1. The Bertz CT molecular complexity index is 607. The van der Waals surface area contributed by atoms with E-state index in [1.54, 1.807) is 12.1 Å². The standard InChI is InChI=1S/C12H8F3NO3S/c13-12(14,15)19-8-3-1-7(2-4-8)9-5-6-10(20-9)16-11(17)18/h1-6,16H,(H,17,18). The highest BCUT2D eigenvalue weighted by molar-refractivity contribution is 7.19. The van der Waals surface area contributed by atoms with Gasteiger partial charge >= 0.3 is 12.5 Å². The molecule has 0 bridgehead atoms. The van der Waals surface area contributed by atoms with Gasteiger partial charge in [-0.3, -0.25) is 5.32 Å². The number of hydrogen-bond donors (Lipinski definition) is 2. The van der Waals surface area contributed by atoms with Crippen molar-refractivity contribution in [2.45, 2.75) is 6.36 Å². The predicted octanol–water partition coefficient (Wildman–Crippen LogP) is 4.40. The molecule has 0 aliphatic heterocycles. The van der Waals surface area contributed by atoms with Crippen molar-refractivity contribution in [3.8, 4) is 16.2 Å². The average molecular weight is 303 g/mol. The average Bonchev–Trinajstić information content (AvgIpc) is 2.75. The fraction of sp³-hybridized carbons (Fsp3) is 0.0833. The van der Waals surface area contributed by atoms with Crippen molar-refractivity contribution >= 4 is 22.4 Å². The molecule has 2 rings (SSSR count). The Hall–Kier alpha value is -2.22. The highest BCUT2D eigenvalue weighted by atomic mass is 32.1. The first-order valence-electron chi connectivity index (χ1n) is 5.29. The number of carboxylic acid groups (broad SMARTS) is 1. The third-order valence-corrected chi connectivity index (χ3v) is 3.26. The summed E-state index contributed by atoms with van der Waals surface area (Å²) in [7, 11) is 0. The van der Waals surface area contributed by atoms with E-state index in [4.69, 9.17) is 5.11 Å². The summed E-state index contributed by atoms with van der Waals surface area (Å²) in [4.78, 5) is 11.2. The maximum atomic E-state index is 12.0. The lowest BCUT2D eigenvalue weighted by atomic mass is 10.2. The number of rotatable bonds is 3. The molecule has 0 radical (unpaired) electrons. The summed E-state index contributed by atoms with van der Waals surface area (Å²) in [6.07, 6.45) is -5.89. The Labute approximate surface area is 115 Å². The van der Waals surface area contributed by atoms with Crippen LogP contribution in [0.15, 0.2) is 36.4 Å². The van der Waals surface area contributed by atoms with Crippen molar-refractivity contribution in [1.29, 1.82) is 0 Å². The lowest BCUT2D eigenvalue weighted by molar-refractivity contribution is -0.274. The molecule has 1 aromatic carbocycles. The number of amides is 1. The number of carbonyl (C=O) groups is 1. The Balaban J connectivity index is 2.13. The van der Waals surface area contributed by atoms with E-state index >= 15 is 0 Å². The lowest BCUT2D eigenvalue weighted by Gasteiger charge is -2.08. The smallest absolute Gasteiger partial charge is 0.465 e. The van der Waals surface area contributed by atoms with Crippen LogP contribution >= 0.6 is 11.3 Å². The van der Waals surface area contributed by atoms with Gasteiger partial charge in [-0.1, -0.05) is 0 Å². The van der Waals surface area contributed by atoms with Crippen molar-refractivity contribution in [3.63, 3.8) is 0 Å². The summed E-state index contributed by atoms with van der Waals surface area (Å²) >= 11 is 1.18. The first-order chi connectivity index (χ1) is 9.33. The summed E-state index contributed by atoms with van der Waals surface area (Å²) < 4.78 is 39.8. The molecular formula is C12H8F3NO3S. The van der Waals surface area contributed by atoms with Gasteiger partial charge in [0, 0.05) is 4.88 Å². The zero-order chi connectivity index (χ0) is 14.8. The summed E-state index contributed by atoms with van der Waals surface area (Å²) in [5.74, 6) is -0.304. The van der Waals surface area contributed by atoms with Crippen molar-refractivity contribution in [2.24, 2.45) is 0 Å². The van der Waals surface area contributed by atoms with Crippen LogP contribution in [-0.4, -0.2) is 17.6 Å². The molecule has 0 aliphatic carbocycles. The monoisotopic (exact) mass is 303 g/mol. The Morgan fingerprint density at radius 2 is 1.80 bits per heavy atom. The molecule has 0 atom stereocenters. The molecule has 20 heavy (non-hydrogen) atoms. The predicted molar refractivity (Wildman–Crippen MR) is 68.1 cm³/mol. The van der Waals surface area contributed by atoms with Crippen LogP contribution in [0.4, 0.5) is 23.0 Å². The molecule has 0 fully saturated rings. The summed E-state index contributed by atoms with van der Waals surface area (Å²) in [6, 6.07) is 8.60. The van der Waals surface area contributed by atoms with Gasteiger partial charge in [0.15, 0.2) is 0 Å². The third-order valence-electron chi connectivity index (χ3n) is 2.21. The fourth-order valence-electron chi connectivity index (χ4n) is 1.49. The van der Waals surface area contributed by atoms with Crippen molar-refractivity contribution < 1.29 is 27.8 Å². The number of thiophene rings is 1. The first-order valence-corrected chi connectivity index (χ1v) is 6.11. The zero-order valence-electron chi connectivity index (χ0n) is 9.77. The highest BCUT2D eigenvalue weighted by Gasteiger charge is 2.30. The second-order valence-corrected chi connectivity index (χ2v) is 4.75. The maximum absolute atomic E-state index is 12.0. The van der Waals surface area contributed by atoms with Gasteiger partial charge in [0.25, 0.3) is 0 Å². The Morgan fingerprint density at radius 3 is 2.35 bits per heavy atom. The highest BCUT2D eigenvalue weighted by Crippen LogP contribution is 2.33. The minimum absolute atomic E-state index is 0.304. The topological polar surface area (TPSA) is 58.6 Å². The molecule has 0 unspecified atom stereocenters. The van der Waals surface area contributed by atoms with E-state index in [2.05, 4.69) is 10.1 Å². The number of hydrogen-bond acceptors (Lipinski definition) is 3. The minimum Gasteiger partial charge on any atom is -0.465 e. The second-order valence-electron chi connectivity index (χ2n) is 3.67. The van der Waals surface area contributed by atoms with Gasteiger partial charge in [-0.25, -0.2) is 4.79 Å². The summed E-state index contributed by atoms with van der Waals surface area (Å²) in [5.41, 5.74) is 0.669. The van der Waals surface area contributed by atoms with Gasteiger partial charge in [0.1, 0.15) is 5.75 Å². The lowest BCUT2D eigenvalue weighted by Crippen LogP contribution is -2.16. The van der Waals surface area contributed by atoms with Crippen LogP contribution in [0.5, 0.6) is 5.75 Å². The molecule has 0 spiro atoms. The molecule has 1 heterocycles. The third kappa shape index (κ3) is 3.89. The van der Waals surface area contributed by atoms with Gasteiger partial charge < -0.3 is 9.84 Å². The Kier molecular flexibility index (Phi) is 3.84. The molecule has 106 valence electrons. The zero-order valence-corrected chi connectivity index (χ0v) is 10.6. The van der Waals surface area contributed by atoms with Gasteiger partial charge in [-0.2, -0.15) is 0 Å². The fourth-order valence-corrected chi connectivity index (χ4v) is 2.39. The van der Waals surface area contributed by atoms with Crippen LogP contribution in [0.25, 0.3) is 10.4 Å². The van der Waals surface area contributed by atoms with Gasteiger partial charge in [-0.15, -0.1) is 24.5 Å². The number of nitrogens with one attached hydrogen (secondary N) is 1. The van der Waals surface area contributed by atoms with Crippen LogP contribution in [-0.2, 0) is 0 Å². The second kappa shape index (κ2) is 5.41. The van der Waals surface area contributed by atoms with Crippen LogP contribution < -0.4 is 10.1 Å². The molecular weight excluding hydrogens is 295 g/mol. The summed E-state index contributed by atoms with van der Waals surface area (Å²) in [6.45, 7) is 0. The summed E-state index contributed by atoms with van der Waals surface area (Å²) in [5, 5.41) is 11.2. The normalized spacial score (nSPS) is 11.2. The quantitative estimate of drug-likeness (QED) is 0.883. The number of ether oxygens (including phenoxy) is 1. The molecule has 8 heteroatoms. The van der Waals surface area contributed by atoms with E-state index in [0.29, 0.717) is 10.6 Å². The van der Waals surface area contributed by atoms with E-state index < -0.39 is 12.5 Å². The van der Waals surface area contributed by atoms with Crippen LogP contribution in [0.2, 0.25) is 0 Å². The molecule has 1 aromatic heterocycles. The maximum Gasteiger partial charge on any atom is 0.573 e. The van der Waals surface area contributed by atoms with E-state index in [-0.39, 0.29) is 5.75 Å². The largest absolute Gasteiger partial charge is 0.573 e. The van der Waals surface area contributed by atoms with Crippen LogP contribution in [0.3, 0.4) is 0 Å². The number of benzene rings is 1. The molecule has 0 saturated heterocycles. The number of alkyl halides is 3. The first kappa shape index (κ1) is 14.2. The van der Waals surface area contributed by atoms with Crippen molar-refractivity contribution in [1.82, 2.24) is 0 Å². The molecule has 4 nitrogen and oxygen atoms in total. The van der Waals surface area contributed by atoms with E-state index in [1.807, 2.05) is 0 Å². The molecule has 0 aliphatic rings. The van der Waals surface area contributed by atoms with Gasteiger partial charge in [0.05, 0.1) is 5.00 Å². The Morgan fingerprint density at radius 1 is 1.15 bits per heavy atom. The van der Waals surface area contributed by atoms with Crippen molar-refractivity contribution in [3.05, 3.63) is 36.4 Å². The van der Waals surface area contributed by atoms with Gasteiger partial charge in [-0.05, 0) is 42.0 Å². The SMILES string of the molecule is O=C(O)Nc1ccc(-c2ccc(OC(F)(F)F)cc2)s1. The van der Waals surface area contributed by atoms with E-state index in [1.165, 1.54) is 35.6 Å². The number of halogens is 3. The minimum atomic E-state index is -4.72. The molecule has 1 amide bonds. The molecule has 2 aromatic rings. The molecule has 0 saturated carbocycles.